The van der Waals surface area contributed by atoms with Crippen LogP contribution in [-0.4, -0.2) is 45.6 Å². The van der Waals surface area contributed by atoms with Crippen LogP contribution in [-0.2, 0) is 17.7 Å². The molecule has 0 saturated carbocycles. The molecule has 2 rings (SSSR count). The monoisotopic (exact) mass is 278 g/mol. The summed E-state index contributed by atoms with van der Waals surface area (Å²) in [5, 5.41) is 18.9. The maximum absolute atomic E-state index is 11.0. The zero-order valence-electron chi connectivity index (χ0n) is 11.5. The molecule has 0 spiro atoms. The number of ether oxygens (including phenoxy) is 1. The predicted molar refractivity (Wildman–Crippen MR) is 74.0 cm³/mol. The summed E-state index contributed by atoms with van der Waals surface area (Å²) in [5.41, 5.74) is 1.66. The van der Waals surface area contributed by atoms with Crippen LogP contribution < -0.4 is 0 Å². The quantitative estimate of drug-likeness (QED) is 0.832. The summed E-state index contributed by atoms with van der Waals surface area (Å²) in [6, 6.07) is 4.82. The van der Waals surface area contributed by atoms with E-state index in [9.17, 15) is 9.90 Å². The summed E-state index contributed by atoms with van der Waals surface area (Å²) in [7, 11) is 1.54. The van der Waals surface area contributed by atoms with Crippen molar-refractivity contribution in [2.45, 2.75) is 26.0 Å². The molecule has 108 valence electrons. The van der Waals surface area contributed by atoms with Gasteiger partial charge < -0.3 is 19.5 Å². The number of hydrogen-bond donors (Lipinski definition) is 2. The third kappa shape index (κ3) is 2.81. The second-order valence-corrected chi connectivity index (χ2v) is 4.61. The van der Waals surface area contributed by atoms with Gasteiger partial charge in [-0.1, -0.05) is 6.92 Å². The van der Waals surface area contributed by atoms with Gasteiger partial charge in [-0.05, 0) is 18.2 Å². The summed E-state index contributed by atoms with van der Waals surface area (Å²) in [5.74, 6) is -0.156. The van der Waals surface area contributed by atoms with Crippen LogP contribution in [0.25, 0.3) is 11.0 Å². The van der Waals surface area contributed by atoms with E-state index < -0.39 is 12.1 Å². The van der Waals surface area contributed by atoms with Crippen molar-refractivity contribution >= 4 is 17.0 Å². The van der Waals surface area contributed by atoms with Gasteiger partial charge in [0.2, 0.25) is 0 Å². The molecule has 0 fully saturated rings. The number of aliphatic hydroxyl groups excluding tert-OH is 1. The van der Waals surface area contributed by atoms with Crippen LogP contribution in [0.2, 0.25) is 0 Å². The number of aryl methyl sites for hydroxylation is 1. The maximum atomic E-state index is 11.0. The van der Waals surface area contributed by atoms with E-state index in [1.807, 2.05) is 11.5 Å². The highest BCUT2D eigenvalue weighted by atomic mass is 16.5. The van der Waals surface area contributed by atoms with Gasteiger partial charge in [0.15, 0.2) is 0 Å². The summed E-state index contributed by atoms with van der Waals surface area (Å²) >= 11 is 0. The number of nitrogens with zero attached hydrogens (tertiary/aromatic N) is 2. The molecule has 6 heteroatoms. The van der Waals surface area contributed by atoms with Crippen molar-refractivity contribution in [1.82, 2.24) is 9.55 Å². The molecule has 1 atom stereocenters. The molecule has 0 bridgehead atoms. The Morgan fingerprint density at radius 1 is 1.50 bits per heavy atom. The van der Waals surface area contributed by atoms with E-state index in [0.717, 1.165) is 11.3 Å². The minimum absolute atomic E-state index is 0.210. The molecule has 0 amide bonds. The molecular formula is C14H18N2O4. The summed E-state index contributed by atoms with van der Waals surface area (Å²) in [6.07, 6.45) is 0.0819. The van der Waals surface area contributed by atoms with E-state index in [2.05, 4.69) is 4.98 Å². The molecule has 0 aliphatic rings. The number of carboxylic acid groups (broad SMARTS) is 1. The lowest BCUT2D eigenvalue weighted by molar-refractivity contribution is 0.0539. The lowest BCUT2D eigenvalue weighted by atomic mass is 10.2. The SMILES string of the molecule is CCc1nc2cc(C(=O)O)ccc2n1CC(O)COC. The molecule has 0 saturated heterocycles. The molecule has 2 N–H and O–H groups in total. The number of carboxylic acids is 1. The highest BCUT2D eigenvalue weighted by molar-refractivity contribution is 5.92. The first-order valence-electron chi connectivity index (χ1n) is 6.46. The number of benzene rings is 1. The fourth-order valence-electron chi connectivity index (χ4n) is 2.24. The first-order valence-corrected chi connectivity index (χ1v) is 6.46. The summed E-state index contributed by atoms with van der Waals surface area (Å²) in [4.78, 5) is 15.4. The highest BCUT2D eigenvalue weighted by Gasteiger charge is 2.14. The number of aliphatic hydroxyl groups is 1. The Hall–Kier alpha value is -1.92. The standard InChI is InChI=1S/C14H18N2O4/c1-3-13-15-11-6-9(14(18)19)4-5-12(11)16(13)7-10(17)8-20-2/h4-6,10,17H,3,7-8H2,1-2H3,(H,18,19). The lowest BCUT2D eigenvalue weighted by Crippen LogP contribution is -2.22. The van der Waals surface area contributed by atoms with Crippen LogP contribution in [0.3, 0.4) is 0 Å². The Bertz CT molecular complexity index is 621. The lowest BCUT2D eigenvalue weighted by Gasteiger charge is -2.13. The van der Waals surface area contributed by atoms with Crippen LogP contribution in [0.5, 0.6) is 0 Å². The van der Waals surface area contributed by atoms with E-state index in [0.29, 0.717) is 18.5 Å². The first-order chi connectivity index (χ1) is 9.56. The highest BCUT2D eigenvalue weighted by Crippen LogP contribution is 2.19. The number of aromatic nitrogens is 2. The van der Waals surface area contributed by atoms with Gasteiger partial charge in [0.1, 0.15) is 5.82 Å². The Labute approximate surface area is 116 Å². The van der Waals surface area contributed by atoms with Gasteiger partial charge in [0, 0.05) is 13.5 Å². The molecule has 6 nitrogen and oxygen atoms in total. The molecule has 1 aromatic carbocycles. The molecular weight excluding hydrogens is 260 g/mol. The van der Waals surface area contributed by atoms with Crippen molar-refractivity contribution in [2.75, 3.05) is 13.7 Å². The zero-order valence-corrected chi connectivity index (χ0v) is 11.5. The molecule has 0 radical (unpaired) electrons. The maximum Gasteiger partial charge on any atom is 0.335 e. The minimum atomic E-state index is -0.973. The second-order valence-electron chi connectivity index (χ2n) is 4.61. The molecule has 1 aromatic heterocycles. The van der Waals surface area contributed by atoms with Crippen LogP contribution in [0, 0.1) is 0 Å². The summed E-state index contributed by atoms with van der Waals surface area (Å²) in [6.45, 7) is 2.59. The van der Waals surface area contributed by atoms with E-state index >= 15 is 0 Å². The third-order valence-electron chi connectivity index (χ3n) is 3.14. The first kappa shape index (κ1) is 14.5. The van der Waals surface area contributed by atoms with E-state index in [1.54, 1.807) is 18.2 Å². The van der Waals surface area contributed by atoms with Crippen LogP contribution in [0.15, 0.2) is 18.2 Å². The van der Waals surface area contributed by atoms with Crippen LogP contribution >= 0.6 is 0 Å². The van der Waals surface area contributed by atoms with Gasteiger partial charge in [0.05, 0.1) is 35.9 Å². The fraction of sp³-hybridized carbons (Fsp3) is 0.429. The van der Waals surface area contributed by atoms with Crippen molar-refractivity contribution in [1.29, 1.82) is 0 Å². The number of carbonyl (C=O) groups is 1. The normalized spacial score (nSPS) is 12.8. The third-order valence-corrected chi connectivity index (χ3v) is 3.14. The smallest absolute Gasteiger partial charge is 0.335 e. The zero-order chi connectivity index (χ0) is 14.7. The van der Waals surface area contributed by atoms with Gasteiger partial charge in [-0.15, -0.1) is 0 Å². The topological polar surface area (TPSA) is 84.6 Å². The van der Waals surface area contributed by atoms with E-state index in [4.69, 9.17) is 9.84 Å². The Morgan fingerprint density at radius 3 is 2.85 bits per heavy atom. The van der Waals surface area contributed by atoms with Crippen molar-refractivity contribution in [3.63, 3.8) is 0 Å². The molecule has 1 unspecified atom stereocenters. The van der Waals surface area contributed by atoms with Crippen molar-refractivity contribution < 1.29 is 19.7 Å². The molecule has 1 heterocycles. The molecule has 0 aliphatic carbocycles. The predicted octanol–water partition coefficient (Wildman–Crippen LogP) is 1.30. The molecule has 2 aromatic rings. The van der Waals surface area contributed by atoms with Crippen LogP contribution in [0.1, 0.15) is 23.1 Å². The largest absolute Gasteiger partial charge is 0.478 e. The average Bonchev–Trinajstić information content (AvgIpc) is 2.76. The average molecular weight is 278 g/mol. The van der Waals surface area contributed by atoms with Gasteiger partial charge >= 0.3 is 5.97 Å². The number of rotatable bonds is 6. The minimum Gasteiger partial charge on any atom is -0.478 e. The number of hydrogen-bond acceptors (Lipinski definition) is 4. The molecule has 20 heavy (non-hydrogen) atoms. The summed E-state index contributed by atoms with van der Waals surface area (Å²) < 4.78 is 6.83. The van der Waals surface area contributed by atoms with Crippen molar-refractivity contribution in [2.24, 2.45) is 0 Å². The van der Waals surface area contributed by atoms with Crippen LogP contribution in [0.4, 0.5) is 0 Å². The number of aromatic carboxylic acids is 1. The number of fused-ring (bicyclic) bond motifs is 1. The van der Waals surface area contributed by atoms with Gasteiger partial charge in [-0.25, -0.2) is 9.78 Å². The number of imidazole rings is 1. The van der Waals surface area contributed by atoms with Crippen molar-refractivity contribution in [3.05, 3.63) is 29.6 Å². The second kappa shape index (κ2) is 6.02. The van der Waals surface area contributed by atoms with Gasteiger partial charge in [-0.3, -0.25) is 0 Å². The fourth-order valence-corrected chi connectivity index (χ4v) is 2.24. The van der Waals surface area contributed by atoms with Crippen molar-refractivity contribution in [3.8, 4) is 0 Å². The Morgan fingerprint density at radius 2 is 2.25 bits per heavy atom. The van der Waals surface area contributed by atoms with E-state index in [1.165, 1.54) is 7.11 Å². The Balaban J connectivity index is 2.44. The Kier molecular flexibility index (Phi) is 4.36. The molecule has 0 aliphatic heterocycles. The van der Waals surface area contributed by atoms with Gasteiger partial charge in [0.25, 0.3) is 0 Å². The van der Waals surface area contributed by atoms with E-state index in [-0.39, 0.29) is 12.2 Å². The van der Waals surface area contributed by atoms with Gasteiger partial charge in [-0.2, -0.15) is 0 Å². The number of methoxy groups -OCH3 is 1.